The molecule has 0 saturated carbocycles. The minimum Gasteiger partial charge on any atom is -0.394 e. The van der Waals surface area contributed by atoms with Crippen LogP contribution in [0.1, 0.15) is 30.4 Å². The summed E-state index contributed by atoms with van der Waals surface area (Å²) in [6.45, 7) is 2.99. The smallest absolute Gasteiger partial charge is 0.241 e. The van der Waals surface area contributed by atoms with Gasteiger partial charge in [-0.05, 0) is 49.8 Å². The number of rotatable bonds is 8. The fourth-order valence-corrected chi connectivity index (χ4v) is 5.93. The summed E-state index contributed by atoms with van der Waals surface area (Å²) in [4.78, 5) is 14.9. The van der Waals surface area contributed by atoms with Gasteiger partial charge in [0.05, 0.1) is 30.1 Å². The van der Waals surface area contributed by atoms with Gasteiger partial charge in [0.15, 0.2) is 0 Å². The van der Waals surface area contributed by atoms with Crippen molar-refractivity contribution in [3.63, 3.8) is 0 Å². The van der Waals surface area contributed by atoms with Crippen molar-refractivity contribution in [3.05, 3.63) is 77.9 Å². The molecule has 8 heteroatoms. The van der Waals surface area contributed by atoms with Crippen molar-refractivity contribution in [3.8, 4) is 0 Å². The molecule has 1 amide bonds. The second kappa shape index (κ2) is 11.5. The predicted molar refractivity (Wildman–Crippen MR) is 134 cm³/mol. The van der Waals surface area contributed by atoms with Gasteiger partial charge in [0.2, 0.25) is 15.9 Å². The number of likely N-dealkylation sites (tertiary alicyclic amines) is 1. The van der Waals surface area contributed by atoms with E-state index in [-0.39, 0.29) is 23.8 Å². The number of carbonyl (C=O) groups is 1. The molecule has 35 heavy (non-hydrogen) atoms. The van der Waals surface area contributed by atoms with Gasteiger partial charge in [-0.1, -0.05) is 60.2 Å². The summed E-state index contributed by atoms with van der Waals surface area (Å²) in [5.41, 5.74) is 2.30. The second-order valence-electron chi connectivity index (χ2n) is 9.46. The van der Waals surface area contributed by atoms with Gasteiger partial charge >= 0.3 is 0 Å². The van der Waals surface area contributed by atoms with Gasteiger partial charge < -0.3 is 14.7 Å². The molecule has 2 aromatic carbocycles. The van der Waals surface area contributed by atoms with Crippen LogP contribution >= 0.6 is 0 Å². The van der Waals surface area contributed by atoms with Crippen LogP contribution in [0.2, 0.25) is 0 Å². The number of sulfonamides is 1. The Balaban J connectivity index is 1.29. The molecule has 0 spiro atoms. The van der Waals surface area contributed by atoms with Crippen molar-refractivity contribution in [2.45, 2.75) is 55.8 Å². The second-order valence-corrected chi connectivity index (χ2v) is 11.2. The molecule has 0 aromatic heterocycles. The molecule has 1 saturated heterocycles. The van der Waals surface area contributed by atoms with Crippen LogP contribution in [0.15, 0.2) is 71.6 Å². The number of nitrogens with one attached hydrogen (secondary N) is 1. The molecule has 2 aliphatic rings. The van der Waals surface area contributed by atoms with E-state index in [9.17, 15) is 18.3 Å². The van der Waals surface area contributed by atoms with Crippen LogP contribution in [0.25, 0.3) is 0 Å². The fraction of sp³-hybridized carbons (Fsp3) is 0.444. The monoisotopic (exact) mass is 498 g/mol. The molecule has 7 nitrogen and oxygen atoms in total. The zero-order valence-electron chi connectivity index (χ0n) is 20.0. The lowest BCUT2D eigenvalue weighted by Crippen LogP contribution is -2.49. The number of amides is 1. The first-order chi connectivity index (χ1) is 16.8. The van der Waals surface area contributed by atoms with E-state index in [0.29, 0.717) is 5.92 Å². The van der Waals surface area contributed by atoms with Gasteiger partial charge in [0.1, 0.15) is 6.10 Å². The molecule has 0 bridgehead atoms. The average Bonchev–Trinajstić information content (AvgIpc) is 2.86. The molecule has 188 valence electrons. The normalized spacial score (nSPS) is 23.4. The van der Waals surface area contributed by atoms with Crippen molar-refractivity contribution >= 4 is 15.9 Å². The van der Waals surface area contributed by atoms with E-state index in [1.807, 2.05) is 17.9 Å². The van der Waals surface area contributed by atoms with E-state index < -0.39 is 28.3 Å². The third-order valence-corrected chi connectivity index (χ3v) is 8.27. The molecule has 2 aliphatic heterocycles. The van der Waals surface area contributed by atoms with Gasteiger partial charge in [0.25, 0.3) is 0 Å². The van der Waals surface area contributed by atoms with E-state index in [0.717, 1.165) is 37.9 Å². The minimum absolute atomic E-state index is 0.0215. The largest absolute Gasteiger partial charge is 0.394 e. The summed E-state index contributed by atoms with van der Waals surface area (Å²) in [6.07, 6.45) is 5.29. The number of hydrogen-bond acceptors (Lipinski definition) is 5. The number of nitrogens with zero attached hydrogens (tertiary/aromatic N) is 1. The molecule has 0 unspecified atom stereocenters. The molecule has 1 fully saturated rings. The van der Waals surface area contributed by atoms with Gasteiger partial charge in [-0.2, -0.15) is 0 Å². The molecule has 0 radical (unpaired) electrons. The first kappa shape index (κ1) is 25.6. The summed E-state index contributed by atoms with van der Waals surface area (Å²) in [6, 6.07) is 16.3. The van der Waals surface area contributed by atoms with E-state index in [4.69, 9.17) is 4.74 Å². The van der Waals surface area contributed by atoms with Crippen molar-refractivity contribution in [1.29, 1.82) is 0 Å². The zero-order valence-corrected chi connectivity index (χ0v) is 20.9. The maximum atomic E-state index is 12.9. The summed E-state index contributed by atoms with van der Waals surface area (Å²) in [5, 5.41) is 9.83. The Morgan fingerprint density at radius 3 is 2.40 bits per heavy atom. The number of aliphatic hydroxyl groups is 1. The summed E-state index contributed by atoms with van der Waals surface area (Å²) < 4.78 is 34.0. The number of benzene rings is 2. The zero-order chi connectivity index (χ0) is 24.8. The van der Waals surface area contributed by atoms with Crippen molar-refractivity contribution in [2.75, 3.05) is 19.7 Å². The highest BCUT2D eigenvalue weighted by molar-refractivity contribution is 7.89. The Bertz CT molecular complexity index is 1110. The van der Waals surface area contributed by atoms with Gasteiger partial charge in [0, 0.05) is 13.1 Å². The standard InChI is InChI=1S/C27H34N2O5S/c1-20-7-10-24(11-8-20)35(32,33)28-25-12-9-23(34-26(25)19-30)18-27(31)29-15-13-22(14-16-29)17-21-5-3-2-4-6-21/h2-12,22-23,25-26,28,30H,13-19H2,1H3/t23-,25+,26-/m1/s1. The predicted octanol–water partition coefficient (Wildman–Crippen LogP) is 2.83. The first-order valence-electron chi connectivity index (χ1n) is 12.2. The SMILES string of the molecule is Cc1ccc(S(=O)(=O)N[C@H]2C=C[C@H](CC(=O)N3CCC(Cc4ccccc4)CC3)O[C@@H]2CO)cc1. The van der Waals surface area contributed by atoms with Crippen LogP contribution in [0.3, 0.4) is 0 Å². The Morgan fingerprint density at radius 1 is 1.06 bits per heavy atom. The molecular formula is C27H34N2O5S. The van der Waals surface area contributed by atoms with Crippen LogP contribution in [0, 0.1) is 12.8 Å². The summed E-state index contributed by atoms with van der Waals surface area (Å²) >= 11 is 0. The quantitative estimate of drug-likeness (QED) is 0.546. The number of carbonyl (C=O) groups excluding carboxylic acids is 1. The van der Waals surface area contributed by atoms with Crippen molar-refractivity contribution < 1.29 is 23.1 Å². The lowest BCUT2D eigenvalue weighted by Gasteiger charge is -2.35. The first-order valence-corrected chi connectivity index (χ1v) is 13.7. The van der Waals surface area contributed by atoms with Gasteiger partial charge in [-0.15, -0.1) is 0 Å². The number of aryl methyl sites for hydroxylation is 1. The Morgan fingerprint density at radius 2 is 1.74 bits per heavy atom. The third kappa shape index (κ3) is 6.79. The maximum absolute atomic E-state index is 12.9. The number of aliphatic hydroxyl groups excluding tert-OH is 1. The number of hydrogen-bond donors (Lipinski definition) is 2. The molecule has 2 aromatic rings. The van der Waals surface area contributed by atoms with E-state index in [2.05, 4.69) is 29.0 Å². The topological polar surface area (TPSA) is 95.9 Å². The molecule has 0 aliphatic carbocycles. The van der Waals surface area contributed by atoms with E-state index in [1.54, 1.807) is 36.4 Å². The van der Waals surface area contributed by atoms with Gasteiger partial charge in [-0.25, -0.2) is 13.1 Å². The van der Waals surface area contributed by atoms with Crippen molar-refractivity contribution in [2.24, 2.45) is 5.92 Å². The molecule has 2 N–H and O–H groups in total. The third-order valence-electron chi connectivity index (χ3n) is 6.80. The Labute approximate surface area is 207 Å². The summed E-state index contributed by atoms with van der Waals surface area (Å²) in [5.74, 6) is 0.599. The fourth-order valence-electron chi connectivity index (χ4n) is 4.71. The lowest BCUT2D eigenvalue weighted by atomic mass is 9.90. The minimum atomic E-state index is -3.77. The van der Waals surface area contributed by atoms with Crippen molar-refractivity contribution in [1.82, 2.24) is 9.62 Å². The van der Waals surface area contributed by atoms with Crippen LogP contribution in [0.4, 0.5) is 0 Å². The molecule has 3 atom stereocenters. The summed E-state index contributed by atoms with van der Waals surface area (Å²) in [7, 11) is -3.77. The molecule has 4 rings (SSSR count). The maximum Gasteiger partial charge on any atom is 0.241 e. The Hall–Kier alpha value is -2.52. The number of piperidine rings is 1. The lowest BCUT2D eigenvalue weighted by molar-refractivity contribution is -0.136. The van der Waals surface area contributed by atoms with Crippen LogP contribution in [-0.2, 0) is 26.0 Å². The van der Waals surface area contributed by atoms with E-state index >= 15 is 0 Å². The van der Waals surface area contributed by atoms with Crippen LogP contribution in [0.5, 0.6) is 0 Å². The van der Waals surface area contributed by atoms with Crippen LogP contribution in [-0.4, -0.2) is 62.3 Å². The highest BCUT2D eigenvalue weighted by Crippen LogP contribution is 2.24. The Kier molecular flexibility index (Phi) is 8.38. The molecule has 2 heterocycles. The molecular weight excluding hydrogens is 464 g/mol. The average molecular weight is 499 g/mol. The number of ether oxygens (including phenoxy) is 1. The van der Waals surface area contributed by atoms with E-state index in [1.165, 1.54) is 5.56 Å². The van der Waals surface area contributed by atoms with Gasteiger partial charge in [-0.3, -0.25) is 4.79 Å². The highest BCUT2D eigenvalue weighted by Gasteiger charge is 2.32. The highest BCUT2D eigenvalue weighted by atomic mass is 32.2. The van der Waals surface area contributed by atoms with Crippen LogP contribution < -0.4 is 4.72 Å².